The lowest BCUT2D eigenvalue weighted by Gasteiger charge is -2.33. The smallest absolute Gasteiger partial charge is 0.407 e. The van der Waals surface area contributed by atoms with Gasteiger partial charge in [0, 0.05) is 11.5 Å². The van der Waals surface area contributed by atoms with Crippen molar-refractivity contribution in [1.29, 1.82) is 0 Å². The van der Waals surface area contributed by atoms with Crippen molar-refractivity contribution < 1.29 is 14.3 Å². The van der Waals surface area contributed by atoms with Gasteiger partial charge in [0.2, 0.25) is 0 Å². The molecule has 0 fully saturated rings. The number of hydrogen-bond acceptors (Lipinski definition) is 3. The molecule has 1 N–H and O–H groups in total. The van der Waals surface area contributed by atoms with Gasteiger partial charge in [-0.3, -0.25) is 0 Å². The molecule has 0 aromatic heterocycles. The number of benzene rings is 3. The summed E-state index contributed by atoms with van der Waals surface area (Å²) < 4.78 is 10.7. The van der Waals surface area contributed by atoms with Crippen LogP contribution in [0, 0.1) is 0 Å². The predicted octanol–water partition coefficient (Wildman–Crippen LogP) is 5.82. The summed E-state index contributed by atoms with van der Waals surface area (Å²) in [6.07, 6.45) is 1.42. The second-order valence-electron chi connectivity index (χ2n) is 7.59. The minimum absolute atomic E-state index is 0.0849. The summed E-state index contributed by atoms with van der Waals surface area (Å²) in [5, 5.41) is 5.20. The van der Waals surface area contributed by atoms with E-state index in [0.717, 1.165) is 27.6 Å². The van der Waals surface area contributed by atoms with Gasteiger partial charge in [-0.15, -0.1) is 6.58 Å². The molecular formula is C25H27NO3. The van der Waals surface area contributed by atoms with Crippen LogP contribution in [0.2, 0.25) is 0 Å². The molecule has 1 atom stereocenters. The Morgan fingerprint density at radius 1 is 1.07 bits per heavy atom. The van der Waals surface area contributed by atoms with Gasteiger partial charge in [-0.2, -0.15) is 0 Å². The third-order valence-electron chi connectivity index (χ3n) is 5.08. The first-order valence-electron chi connectivity index (χ1n) is 9.62. The average molecular weight is 389 g/mol. The molecule has 0 aliphatic heterocycles. The van der Waals surface area contributed by atoms with Crippen LogP contribution in [0.25, 0.3) is 10.8 Å². The molecule has 3 rings (SSSR count). The number of alkyl carbamates (subject to hydrolysis) is 1. The summed E-state index contributed by atoms with van der Waals surface area (Å²) in [7, 11) is 1.66. The lowest BCUT2D eigenvalue weighted by atomic mass is 9.81. The summed E-state index contributed by atoms with van der Waals surface area (Å²) in [6.45, 7) is 8.18. The fourth-order valence-electron chi connectivity index (χ4n) is 3.51. The quantitative estimate of drug-likeness (QED) is 0.518. The van der Waals surface area contributed by atoms with Crippen molar-refractivity contribution in [2.75, 3.05) is 7.11 Å². The van der Waals surface area contributed by atoms with E-state index in [1.807, 2.05) is 68.5 Å². The van der Waals surface area contributed by atoms with Crippen LogP contribution < -0.4 is 10.1 Å². The highest BCUT2D eigenvalue weighted by Gasteiger charge is 2.31. The molecule has 4 heteroatoms. The maximum atomic E-state index is 12.4. The molecule has 3 aromatic carbocycles. The van der Waals surface area contributed by atoms with Gasteiger partial charge in [-0.25, -0.2) is 4.79 Å². The maximum absolute atomic E-state index is 12.4. The first kappa shape index (κ1) is 20.5. The number of methoxy groups -OCH3 is 1. The second-order valence-corrected chi connectivity index (χ2v) is 7.59. The number of nitrogens with one attached hydrogen (secondary N) is 1. The molecule has 0 spiro atoms. The van der Waals surface area contributed by atoms with Crippen molar-refractivity contribution >= 4 is 16.9 Å². The van der Waals surface area contributed by atoms with Crippen molar-refractivity contribution in [3.8, 4) is 5.75 Å². The van der Waals surface area contributed by atoms with Crippen LogP contribution in [-0.2, 0) is 11.3 Å². The van der Waals surface area contributed by atoms with Crippen molar-refractivity contribution in [2.45, 2.75) is 31.9 Å². The molecule has 0 bridgehead atoms. The lowest BCUT2D eigenvalue weighted by Crippen LogP contribution is -2.47. The Hall–Kier alpha value is -3.27. The zero-order valence-corrected chi connectivity index (χ0v) is 17.1. The van der Waals surface area contributed by atoms with Crippen LogP contribution in [0.3, 0.4) is 0 Å². The minimum Gasteiger partial charge on any atom is -0.497 e. The van der Waals surface area contributed by atoms with Gasteiger partial charge >= 0.3 is 6.09 Å². The van der Waals surface area contributed by atoms with E-state index in [9.17, 15) is 4.79 Å². The first-order chi connectivity index (χ1) is 13.9. The third-order valence-corrected chi connectivity index (χ3v) is 5.08. The number of amides is 1. The molecule has 29 heavy (non-hydrogen) atoms. The highest BCUT2D eigenvalue weighted by Crippen LogP contribution is 2.32. The van der Waals surface area contributed by atoms with Crippen LogP contribution in [0.4, 0.5) is 4.79 Å². The molecule has 0 heterocycles. The molecular weight excluding hydrogens is 362 g/mol. The molecule has 0 aliphatic carbocycles. The summed E-state index contributed by atoms with van der Waals surface area (Å²) >= 11 is 0. The van der Waals surface area contributed by atoms with Gasteiger partial charge in [-0.05, 0) is 47.9 Å². The lowest BCUT2D eigenvalue weighted by molar-refractivity contribution is 0.128. The number of rotatable bonds is 7. The molecule has 3 aromatic rings. The van der Waals surface area contributed by atoms with E-state index in [-0.39, 0.29) is 12.5 Å². The van der Waals surface area contributed by atoms with Crippen LogP contribution in [0.1, 0.15) is 30.9 Å². The van der Waals surface area contributed by atoms with E-state index in [4.69, 9.17) is 9.47 Å². The molecule has 0 radical (unpaired) electrons. The van der Waals surface area contributed by atoms with E-state index >= 15 is 0 Å². The van der Waals surface area contributed by atoms with E-state index < -0.39 is 11.6 Å². The van der Waals surface area contributed by atoms with Crippen LogP contribution in [-0.4, -0.2) is 18.7 Å². The monoisotopic (exact) mass is 389 g/mol. The zero-order chi connectivity index (χ0) is 20.9. The normalized spacial score (nSPS) is 12.2. The Kier molecular flexibility index (Phi) is 6.23. The largest absolute Gasteiger partial charge is 0.497 e. The van der Waals surface area contributed by atoms with Crippen LogP contribution in [0.5, 0.6) is 5.75 Å². The maximum Gasteiger partial charge on any atom is 0.407 e. The number of hydrogen-bond donors (Lipinski definition) is 1. The highest BCUT2D eigenvalue weighted by molar-refractivity contribution is 5.84. The van der Waals surface area contributed by atoms with Gasteiger partial charge in [0.1, 0.15) is 12.4 Å². The first-order valence-corrected chi connectivity index (χ1v) is 9.62. The Balaban J connectivity index is 1.74. The van der Waals surface area contributed by atoms with Crippen molar-refractivity contribution in [3.05, 3.63) is 90.5 Å². The van der Waals surface area contributed by atoms with Gasteiger partial charge in [0.15, 0.2) is 0 Å². The van der Waals surface area contributed by atoms with Crippen LogP contribution >= 0.6 is 0 Å². The third kappa shape index (κ3) is 4.96. The van der Waals surface area contributed by atoms with Gasteiger partial charge < -0.3 is 14.8 Å². The Morgan fingerprint density at radius 2 is 1.76 bits per heavy atom. The number of ether oxygens (including phenoxy) is 2. The minimum atomic E-state index is -0.574. The topological polar surface area (TPSA) is 47.6 Å². The summed E-state index contributed by atoms with van der Waals surface area (Å²) in [4.78, 5) is 12.4. The van der Waals surface area contributed by atoms with E-state index in [0.29, 0.717) is 0 Å². The van der Waals surface area contributed by atoms with E-state index in [1.54, 1.807) is 7.11 Å². The van der Waals surface area contributed by atoms with Gasteiger partial charge in [0.25, 0.3) is 0 Å². The Bertz CT molecular complexity index is 995. The predicted molar refractivity (Wildman–Crippen MR) is 117 cm³/mol. The Labute approximate surface area is 172 Å². The van der Waals surface area contributed by atoms with E-state index in [2.05, 4.69) is 30.1 Å². The summed E-state index contributed by atoms with van der Waals surface area (Å²) in [6, 6.07) is 21.9. The van der Waals surface area contributed by atoms with Crippen molar-refractivity contribution in [2.24, 2.45) is 0 Å². The Morgan fingerprint density at radius 3 is 2.45 bits per heavy atom. The zero-order valence-electron chi connectivity index (χ0n) is 17.1. The SMILES string of the molecule is C=C[C@H](c1ccc2cc(OC)ccc2c1)C(C)(C)NC(=O)OCc1ccccc1. The average Bonchev–Trinajstić information content (AvgIpc) is 2.72. The summed E-state index contributed by atoms with van der Waals surface area (Å²) in [5.41, 5.74) is 1.45. The van der Waals surface area contributed by atoms with E-state index in [1.165, 1.54) is 0 Å². The van der Waals surface area contributed by atoms with Gasteiger partial charge in [0.05, 0.1) is 7.11 Å². The molecule has 1 amide bonds. The molecule has 0 saturated carbocycles. The molecule has 0 aliphatic rings. The van der Waals surface area contributed by atoms with Gasteiger partial charge in [-0.1, -0.05) is 60.7 Å². The standard InChI is InChI=1S/C25H27NO3/c1-5-23(21-12-11-20-16-22(28-4)14-13-19(20)15-21)25(2,3)26-24(27)29-17-18-9-7-6-8-10-18/h5-16,23H,1,17H2,2-4H3,(H,26,27)/t23-/m1/s1. The number of carbonyl (C=O) groups excluding carboxylic acids is 1. The number of carbonyl (C=O) groups is 1. The molecule has 150 valence electrons. The fourth-order valence-corrected chi connectivity index (χ4v) is 3.51. The number of fused-ring (bicyclic) bond motifs is 1. The molecule has 0 saturated heterocycles. The fraction of sp³-hybridized carbons (Fsp3) is 0.240. The van der Waals surface area contributed by atoms with Crippen LogP contribution in [0.15, 0.2) is 79.4 Å². The molecule has 4 nitrogen and oxygen atoms in total. The molecule has 0 unspecified atom stereocenters. The highest BCUT2D eigenvalue weighted by atomic mass is 16.5. The summed E-state index contributed by atoms with van der Waals surface area (Å²) in [5.74, 6) is 0.743. The van der Waals surface area contributed by atoms with Crippen molar-refractivity contribution in [1.82, 2.24) is 5.32 Å². The second kappa shape index (κ2) is 8.82. The van der Waals surface area contributed by atoms with Crippen molar-refractivity contribution in [3.63, 3.8) is 0 Å².